The first kappa shape index (κ1) is 16.2. The monoisotopic (exact) mass is 279 g/mol. The molecular weight excluding hydrogens is 258 g/mol. The summed E-state index contributed by atoms with van der Waals surface area (Å²) in [5.74, 6) is -1.40. The summed E-state index contributed by atoms with van der Waals surface area (Å²) in [7, 11) is 0. The summed E-state index contributed by atoms with van der Waals surface area (Å²) in [4.78, 5) is 22.5. The minimum absolute atomic E-state index is 0.0982. The second kappa shape index (κ2) is 9.09. The molecule has 0 heterocycles. The van der Waals surface area contributed by atoms with Crippen LogP contribution in [0.15, 0.2) is 30.3 Å². The third kappa shape index (κ3) is 6.33. The summed E-state index contributed by atoms with van der Waals surface area (Å²) in [6.07, 6.45) is 1.91. The number of hydrogen-bond acceptors (Lipinski definition) is 3. The van der Waals surface area contributed by atoms with Crippen molar-refractivity contribution in [3.05, 3.63) is 35.9 Å². The van der Waals surface area contributed by atoms with Crippen molar-refractivity contribution in [2.75, 3.05) is 13.2 Å². The molecule has 1 rings (SSSR count). The molecule has 20 heavy (non-hydrogen) atoms. The standard InChI is InChI=1S/C15H21NO4/c1-2-20-11-14(17)16-13(15(18)19)10-6-9-12-7-4-3-5-8-12/h3-5,7-8,13H,2,6,9-11H2,1H3,(H,16,17)(H,18,19)/t13-/m0/s1. The van der Waals surface area contributed by atoms with Crippen LogP contribution in [0.25, 0.3) is 0 Å². The Labute approximate surface area is 118 Å². The van der Waals surface area contributed by atoms with Crippen LogP contribution in [-0.2, 0) is 20.7 Å². The summed E-state index contributed by atoms with van der Waals surface area (Å²) in [5, 5.41) is 11.6. The highest BCUT2D eigenvalue weighted by Gasteiger charge is 2.19. The van der Waals surface area contributed by atoms with E-state index in [0.717, 1.165) is 12.0 Å². The van der Waals surface area contributed by atoms with Gasteiger partial charge in [-0.25, -0.2) is 4.79 Å². The van der Waals surface area contributed by atoms with Crippen molar-refractivity contribution >= 4 is 11.9 Å². The Morgan fingerprint density at radius 1 is 1.30 bits per heavy atom. The summed E-state index contributed by atoms with van der Waals surface area (Å²) in [5.41, 5.74) is 1.16. The minimum Gasteiger partial charge on any atom is -0.480 e. The average molecular weight is 279 g/mol. The molecule has 0 bridgehead atoms. The Hall–Kier alpha value is -1.88. The van der Waals surface area contributed by atoms with Gasteiger partial charge in [-0.05, 0) is 31.7 Å². The van der Waals surface area contributed by atoms with Gasteiger partial charge in [0, 0.05) is 6.61 Å². The summed E-state index contributed by atoms with van der Waals surface area (Å²) >= 11 is 0. The number of nitrogens with one attached hydrogen (secondary N) is 1. The van der Waals surface area contributed by atoms with Crippen molar-refractivity contribution < 1.29 is 19.4 Å². The van der Waals surface area contributed by atoms with E-state index in [-0.39, 0.29) is 12.5 Å². The van der Waals surface area contributed by atoms with E-state index < -0.39 is 12.0 Å². The minimum atomic E-state index is -1.01. The Bertz CT molecular complexity index is 419. The van der Waals surface area contributed by atoms with Crippen molar-refractivity contribution in [1.29, 1.82) is 0 Å². The number of carbonyl (C=O) groups is 2. The maximum atomic E-state index is 11.5. The lowest BCUT2D eigenvalue weighted by Crippen LogP contribution is -2.42. The number of amides is 1. The van der Waals surface area contributed by atoms with Crippen LogP contribution in [0, 0.1) is 0 Å². The van der Waals surface area contributed by atoms with Crippen LogP contribution < -0.4 is 5.32 Å². The van der Waals surface area contributed by atoms with Crippen molar-refractivity contribution in [3.8, 4) is 0 Å². The highest BCUT2D eigenvalue weighted by atomic mass is 16.5. The molecule has 0 radical (unpaired) electrons. The molecule has 1 amide bonds. The fourth-order valence-corrected chi connectivity index (χ4v) is 1.84. The van der Waals surface area contributed by atoms with Gasteiger partial charge in [-0.15, -0.1) is 0 Å². The number of carboxylic acid groups (broad SMARTS) is 1. The number of benzene rings is 1. The SMILES string of the molecule is CCOCC(=O)N[C@@H](CCCc1ccccc1)C(=O)O. The van der Waals surface area contributed by atoms with Crippen LogP contribution >= 0.6 is 0 Å². The number of carboxylic acids is 1. The third-order valence-electron chi connectivity index (χ3n) is 2.87. The predicted octanol–water partition coefficient (Wildman–Crippen LogP) is 1.62. The zero-order valence-corrected chi connectivity index (χ0v) is 11.7. The van der Waals surface area contributed by atoms with Crippen LogP contribution in [0.2, 0.25) is 0 Å². The molecule has 0 saturated heterocycles. The third-order valence-corrected chi connectivity index (χ3v) is 2.87. The van der Waals surface area contributed by atoms with Gasteiger partial charge in [0.25, 0.3) is 0 Å². The number of rotatable bonds is 9. The molecule has 0 spiro atoms. The lowest BCUT2D eigenvalue weighted by Gasteiger charge is -2.14. The molecule has 0 aromatic heterocycles. The van der Waals surface area contributed by atoms with E-state index in [1.54, 1.807) is 6.92 Å². The molecule has 0 fully saturated rings. The van der Waals surface area contributed by atoms with Gasteiger partial charge in [0.2, 0.25) is 5.91 Å². The first-order valence-corrected chi connectivity index (χ1v) is 6.77. The summed E-state index contributed by atoms with van der Waals surface area (Å²) < 4.78 is 4.94. The van der Waals surface area contributed by atoms with Crippen molar-refractivity contribution in [2.24, 2.45) is 0 Å². The Morgan fingerprint density at radius 2 is 2.00 bits per heavy atom. The van der Waals surface area contributed by atoms with Gasteiger partial charge in [0.15, 0.2) is 0 Å². The number of hydrogen-bond donors (Lipinski definition) is 2. The van der Waals surface area contributed by atoms with Crippen molar-refractivity contribution in [3.63, 3.8) is 0 Å². The molecule has 5 heteroatoms. The number of carbonyl (C=O) groups excluding carboxylic acids is 1. The van der Waals surface area contributed by atoms with Crippen LogP contribution in [-0.4, -0.2) is 36.2 Å². The molecule has 5 nitrogen and oxygen atoms in total. The maximum absolute atomic E-state index is 11.5. The van der Waals surface area contributed by atoms with Crippen LogP contribution in [0.4, 0.5) is 0 Å². The number of aryl methyl sites for hydroxylation is 1. The molecule has 0 unspecified atom stereocenters. The molecule has 1 aromatic carbocycles. The van der Waals surface area contributed by atoms with Crippen molar-refractivity contribution in [2.45, 2.75) is 32.2 Å². The molecule has 2 N–H and O–H groups in total. The van der Waals surface area contributed by atoms with E-state index in [9.17, 15) is 9.59 Å². The molecular formula is C15H21NO4. The van der Waals surface area contributed by atoms with Crippen LogP contribution in [0.3, 0.4) is 0 Å². The topological polar surface area (TPSA) is 75.6 Å². The molecule has 110 valence electrons. The average Bonchev–Trinajstić information content (AvgIpc) is 2.45. The molecule has 1 aromatic rings. The fourth-order valence-electron chi connectivity index (χ4n) is 1.84. The van der Waals surface area contributed by atoms with E-state index in [2.05, 4.69) is 5.32 Å². The Balaban J connectivity index is 2.35. The second-order valence-electron chi connectivity index (χ2n) is 4.47. The van der Waals surface area contributed by atoms with E-state index in [1.807, 2.05) is 30.3 Å². The van der Waals surface area contributed by atoms with Gasteiger partial charge in [-0.1, -0.05) is 30.3 Å². The normalized spacial score (nSPS) is 11.8. The first-order chi connectivity index (χ1) is 9.63. The van der Waals surface area contributed by atoms with E-state index >= 15 is 0 Å². The van der Waals surface area contributed by atoms with E-state index in [1.165, 1.54) is 0 Å². The first-order valence-electron chi connectivity index (χ1n) is 6.77. The summed E-state index contributed by atoms with van der Waals surface area (Å²) in [6.45, 7) is 2.11. The number of ether oxygens (including phenoxy) is 1. The fraction of sp³-hybridized carbons (Fsp3) is 0.467. The van der Waals surface area contributed by atoms with Gasteiger partial charge in [-0.3, -0.25) is 4.79 Å². The zero-order valence-electron chi connectivity index (χ0n) is 11.7. The van der Waals surface area contributed by atoms with Crippen LogP contribution in [0.5, 0.6) is 0 Å². The lowest BCUT2D eigenvalue weighted by atomic mass is 10.0. The highest BCUT2D eigenvalue weighted by molar-refractivity contribution is 5.84. The molecule has 0 aliphatic heterocycles. The van der Waals surface area contributed by atoms with E-state index in [0.29, 0.717) is 19.4 Å². The number of aliphatic carboxylic acids is 1. The van der Waals surface area contributed by atoms with Gasteiger partial charge < -0.3 is 15.2 Å². The lowest BCUT2D eigenvalue weighted by molar-refractivity contribution is -0.142. The quantitative estimate of drug-likeness (QED) is 0.720. The largest absolute Gasteiger partial charge is 0.480 e. The zero-order chi connectivity index (χ0) is 14.8. The van der Waals surface area contributed by atoms with E-state index in [4.69, 9.17) is 9.84 Å². The summed E-state index contributed by atoms with van der Waals surface area (Å²) in [6, 6.07) is 9.00. The highest BCUT2D eigenvalue weighted by Crippen LogP contribution is 2.07. The van der Waals surface area contributed by atoms with Gasteiger partial charge in [-0.2, -0.15) is 0 Å². The van der Waals surface area contributed by atoms with Gasteiger partial charge in [0.05, 0.1) is 0 Å². The molecule has 1 atom stereocenters. The van der Waals surface area contributed by atoms with Crippen LogP contribution in [0.1, 0.15) is 25.3 Å². The maximum Gasteiger partial charge on any atom is 0.326 e. The Morgan fingerprint density at radius 3 is 2.60 bits per heavy atom. The molecule has 0 saturated carbocycles. The van der Waals surface area contributed by atoms with Gasteiger partial charge in [0.1, 0.15) is 12.6 Å². The molecule has 0 aliphatic carbocycles. The smallest absolute Gasteiger partial charge is 0.326 e. The Kier molecular flexibility index (Phi) is 7.35. The molecule has 0 aliphatic rings. The predicted molar refractivity (Wildman–Crippen MR) is 75.4 cm³/mol. The van der Waals surface area contributed by atoms with Gasteiger partial charge >= 0.3 is 5.97 Å². The second-order valence-corrected chi connectivity index (χ2v) is 4.47. The van der Waals surface area contributed by atoms with Crippen molar-refractivity contribution in [1.82, 2.24) is 5.32 Å².